The number of rotatable bonds is 6. The van der Waals surface area contributed by atoms with Gasteiger partial charge in [-0.2, -0.15) is 0 Å². The van der Waals surface area contributed by atoms with E-state index in [9.17, 15) is 9.59 Å². The molecule has 2 aromatic heterocycles. The molecule has 0 unspecified atom stereocenters. The first kappa shape index (κ1) is 21.5. The van der Waals surface area contributed by atoms with Crippen LogP contribution < -0.4 is 10.9 Å². The van der Waals surface area contributed by atoms with E-state index in [2.05, 4.69) is 15.3 Å². The summed E-state index contributed by atoms with van der Waals surface area (Å²) >= 11 is 5.99. The number of nitrogens with one attached hydrogen (secondary N) is 2. The molecule has 0 aliphatic rings. The average Bonchev–Trinajstić information content (AvgIpc) is 2.80. The molecular weight excluding hydrogens is 422 g/mol. The number of carbonyl (C=O) groups is 1. The van der Waals surface area contributed by atoms with Crippen molar-refractivity contribution in [3.05, 3.63) is 123 Å². The van der Waals surface area contributed by atoms with E-state index in [-0.39, 0.29) is 5.56 Å². The van der Waals surface area contributed by atoms with Gasteiger partial charge in [0.15, 0.2) is 0 Å². The first-order valence-corrected chi connectivity index (χ1v) is 10.6. The number of carbonyl (C=O) groups excluding carboxylic acids is 1. The van der Waals surface area contributed by atoms with Crippen LogP contribution in [0.15, 0.2) is 89.9 Å². The Kier molecular flexibility index (Phi) is 6.47. The van der Waals surface area contributed by atoms with E-state index in [1.165, 1.54) is 0 Å². The SMILES string of the molecule is Cc1cccc(-c2ccc(C(=O)N[C@H](Cc3ccc(Cl)cc3)c3ccccn3)c(=O)[nH]2)c1. The molecule has 0 radical (unpaired) electrons. The molecule has 2 aromatic carbocycles. The predicted octanol–water partition coefficient (Wildman–Crippen LogP) is 5.11. The average molecular weight is 444 g/mol. The number of aromatic amines is 1. The number of aryl methyl sites for hydroxylation is 1. The molecule has 2 N–H and O–H groups in total. The number of H-pyrrole nitrogens is 1. The fourth-order valence-electron chi connectivity index (χ4n) is 3.54. The van der Waals surface area contributed by atoms with Gasteiger partial charge in [-0.05, 0) is 66.9 Å². The maximum atomic E-state index is 13.0. The summed E-state index contributed by atoms with van der Waals surface area (Å²) in [7, 11) is 0. The molecule has 4 aromatic rings. The highest BCUT2D eigenvalue weighted by Gasteiger charge is 2.20. The van der Waals surface area contributed by atoms with Crippen LogP contribution in [0.5, 0.6) is 0 Å². The van der Waals surface area contributed by atoms with Crippen LogP contribution in [0.2, 0.25) is 5.02 Å². The molecule has 0 fully saturated rings. The smallest absolute Gasteiger partial charge is 0.261 e. The molecule has 0 saturated carbocycles. The van der Waals surface area contributed by atoms with Crippen molar-refractivity contribution < 1.29 is 4.79 Å². The summed E-state index contributed by atoms with van der Waals surface area (Å²) in [5.41, 5.74) is 3.97. The van der Waals surface area contributed by atoms with Crippen molar-refractivity contribution in [3.8, 4) is 11.3 Å². The highest BCUT2D eigenvalue weighted by Crippen LogP contribution is 2.20. The van der Waals surface area contributed by atoms with Gasteiger partial charge in [0, 0.05) is 16.9 Å². The molecule has 0 aliphatic carbocycles. The third-order valence-electron chi connectivity index (χ3n) is 5.19. The van der Waals surface area contributed by atoms with Crippen LogP contribution in [-0.4, -0.2) is 15.9 Å². The molecule has 6 heteroatoms. The van der Waals surface area contributed by atoms with Crippen LogP contribution in [0, 0.1) is 6.92 Å². The van der Waals surface area contributed by atoms with Crippen molar-refractivity contribution in [3.63, 3.8) is 0 Å². The van der Waals surface area contributed by atoms with Crippen molar-refractivity contribution >= 4 is 17.5 Å². The molecule has 4 rings (SSSR count). The zero-order valence-electron chi connectivity index (χ0n) is 17.5. The van der Waals surface area contributed by atoms with Gasteiger partial charge in [-0.3, -0.25) is 14.6 Å². The highest BCUT2D eigenvalue weighted by molar-refractivity contribution is 6.30. The van der Waals surface area contributed by atoms with Gasteiger partial charge >= 0.3 is 0 Å². The van der Waals surface area contributed by atoms with Crippen LogP contribution in [0.3, 0.4) is 0 Å². The van der Waals surface area contributed by atoms with Crippen molar-refractivity contribution in [1.82, 2.24) is 15.3 Å². The summed E-state index contributed by atoms with van der Waals surface area (Å²) in [6.07, 6.45) is 2.19. The summed E-state index contributed by atoms with van der Waals surface area (Å²) in [6.45, 7) is 1.99. The van der Waals surface area contributed by atoms with Gasteiger partial charge < -0.3 is 10.3 Å². The zero-order valence-corrected chi connectivity index (χ0v) is 18.3. The van der Waals surface area contributed by atoms with E-state index >= 15 is 0 Å². The Hall–Kier alpha value is -3.70. The van der Waals surface area contributed by atoms with Gasteiger partial charge in [-0.25, -0.2) is 0 Å². The van der Waals surface area contributed by atoms with Crippen LogP contribution in [-0.2, 0) is 6.42 Å². The first-order chi connectivity index (χ1) is 15.5. The predicted molar refractivity (Wildman–Crippen MR) is 127 cm³/mol. The minimum absolute atomic E-state index is 0.0541. The molecule has 32 heavy (non-hydrogen) atoms. The quantitative estimate of drug-likeness (QED) is 0.434. The molecule has 1 atom stereocenters. The summed E-state index contributed by atoms with van der Waals surface area (Å²) < 4.78 is 0. The Bertz CT molecular complexity index is 1280. The molecular formula is C26H22ClN3O2. The van der Waals surface area contributed by atoms with E-state index in [4.69, 9.17) is 11.6 Å². The number of benzene rings is 2. The van der Waals surface area contributed by atoms with Gasteiger partial charge in [0.1, 0.15) is 5.56 Å². The fraction of sp³-hybridized carbons (Fsp3) is 0.115. The van der Waals surface area contributed by atoms with Gasteiger partial charge in [0.25, 0.3) is 11.5 Å². The molecule has 0 saturated heterocycles. The Morgan fingerprint density at radius 3 is 2.53 bits per heavy atom. The zero-order chi connectivity index (χ0) is 22.5. The van der Waals surface area contributed by atoms with Gasteiger partial charge in [0.2, 0.25) is 0 Å². The van der Waals surface area contributed by atoms with E-state index < -0.39 is 17.5 Å². The molecule has 5 nitrogen and oxygen atoms in total. The molecule has 0 aliphatic heterocycles. The molecule has 0 bridgehead atoms. The third kappa shape index (κ3) is 5.13. The summed E-state index contributed by atoms with van der Waals surface area (Å²) in [4.78, 5) is 32.9. The molecule has 160 valence electrons. The Labute approximate surface area is 191 Å². The summed E-state index contributed by atoms with van der Waals surface area (Å²) in [6, 6.07) is 23.7. The topological polar surface area (TPSA) is 74.8 Å². The van der Waals surface area contributed by atoms with Crippen molar-refractivity contribution in [2.75, 3.05) is 0 Å². The largest absolute Gasteiger partial charge is 0.343 e. The minimum atomic E-state index is -0.452. The van der Waals surface area contributed by atoms with Gasteiger partial charge in [-0.15, -0.1) is 0 Å². The Morgan fingerprint density at radius 2 is 1.84 bits per heavy atom. The van der Waals surface area contributed by atoms with Crippen LogP contribution >= 0.6 is 11.6 Å². The monoisotopic (exact) mass is 443 g/mol. The molecule has 0 spiro atoms. The minimum Gasteiger partial charge on any atom is -0.343 e. The van der Waals surface area contributed by atoms with Crippen molar-refractivity contribution in [2.45, 2.75) is 19.4 Å². The number of hydrogen-bond donors (Lipinski definition) is 2. The second-order valence-electron chi connectivity index (χ2n) is 7.60. The van der Waals surface area contributed by atoms with E-state index in [1.54, 1.807) is 18.3 Å². The lowest BCUT2D eigenvalue weighted by molar-refractivity contribution is 0.0934. The number of pyridine rings is 2. The van der Waals surface area contributed by atoms with Gasteiger partial charge in [0.05, 0.1) is 11.7 Å². The van der Waals surface area contributed by atoms with Gasteiger partial charge in [-0.1, -0.05) is 53.6 Å². The second-order valence-corrected chi connectivity index (χ2v) is 8.03. The Morgan fingerprint density at radius 1 is 1.03 bits per heavy atom. The third-order valence-corrected chi connectivity index (χ3v) is 5.44. The lowest BCUT2D eigenvalue weighted by Gasteiger charge is -2.18. The van der Waals surface area contributed by atoms with Crippen LogP contribution in [0.25, 0.3) is 11.3 Å². The maximum Gasteiger partial charge on any atom is 0.261 e. The lowest BCUT2D eigenvalue weighted by atomic mass is 10.0. The number of hydrogen-bond acceptors (Lipinski definition) is 3. The number of amides is 1. The fourth-order valence-corrected chi connectivity index (χ4v) is 3.66. The maximum absolute atomic E-state index is 13.0. The number of aromatic nitrogens is 2. The van der Waals surface area contributed by atoms with E-state index in [0.29, 0.717) is 22.8 Å². The van der Waals surface area contributed by atoms with E-state index in [1.807, 2.05) is 73.7 Å². The van der Waals surface area contributed by atoms with Crippen LogP contribution in [0.4, 0.5) is 0 Å². The summed E-state index contributed by atoms with van der Waals surface area (Å²) in [5, 5.41) is 3.61. The second kappa shape index (κ2) is 9.62. The van der Waals surface area contributed by atoms with E-state index in [0.717, 1.165) is 16.7 Å². The normalized spacial score (nSPS) is 11.7. The standard InChI is InChI=1S/C26H22ClN3O2/c1-17-5-4-6-19(15-17)22-13-12-21(25(31)29-22)26(32)30-24(23-7-2-3-14-28-23)16-18-8-10-20(27)11-9-18/h2-15,24H,16H2,1H3,(H,29,31)(H,30,32)/t24-/m1/s1. The number of nitrogens with zero attached hydrogens (tertiary/aromatic N) is 1. The summed E-state index contributed by atoms with van der Waals surface area (Å²) in [5.74, 6) is -0.452. The lowest BCUT2D eigenvalue weighted by Crippen LogP contribution is -2.34. The first-order valence-electron chi connectivity index (χ1n) is 10.3. The Balaban J connectivity index is 1.59. The van der Waals surface area contributed by atoms with Crippen molar-refractivity contribution in [1.29, 1.82) is 0 Å². The molecule has 2 heterocycles. The highest BCUT2D eigenvalue weighted by atomic mass is 35.5. The van der Waals surface area contributed by atoms with Crippen molar-refractivity contribution in [2.24, 2.45) is 0 Å². The number of halogens is 1. The van der Waals surface area contributed by atoms with Crippen LogP contribution in [0.1, 0.15) is 33.2 Å². The molecule has 1 amide bonds.